The molecule has 0 radical (unpaired) electrons. The largest absolute Gasteiger partial charge is 0.424 e. The van der Waals surface area contributed by atoms with Crippen LogP contribution >= 0.6 is 39.3 Å². The van der Waals surface area contributed by atoms with Crippen LogP contribution in [0.5, 0.6) is 0 Å². The molecular formula is C25H26BrClN2O4SSi. The van der Waals surface area contributed by atoms with E-state index in [0.29, 0.717) is 23.1 Å². The number of rotatable bonds is 10. The maximum Gasteiger partial charge on any atom is 0.296 e. The fraction of sp³-hybridized carbons (Fsp3) is 0.240. The highest BCUT2D eigenvalue weighted by molar-refractivity contribution is 9.10. The van der Waals surface area contributed by atoms with Gasteiger partial charge in [-0.15, -0.1) is 11.8 Å². The molecule has 0 heterocycles. The number of benzene rings is 3. The Balaban J connectivity index is 1.86. The van der Waals surface area contributed by atoms with Crippen molar-refractivity contribution in [1.82, 2.24) is 0 Å². The lowest BCUT2D eigenvalue weighted by Crippen LogP contribution is -2.65. The number of amides is 1. The van der Waals surface area contributed by atoms with Crippen LogP contribution in [-0.2, 0) is 0 Å². The van der Waals surface area contributed by atoms with Gasteiger partial charge in [-0.1, -0.05) is 86.1 Å². The highest BCUT2D eigenvalue weighted by Crippen LogP contribution is 2.44. The summed E-state index contributed by atoms with van der Waals surface area (Å²) in [5.41, 5.74) is 4.79. The second-order valence-corrected chi connectivity index (χ2v) is 15.0. The molecule has 0 saturated heterocycles. The summed E-state index contributed by atoms with van der Waals surface area (Å²) in [6.07, 6.45) is 1.36. The lowest BCUT2D eigenvalue weighted by molar-refractivity contribution is -0.388. The number of hydrogen-bond acceptors (Lipinski definition) is 5. The van der Waals surface area contributed by atoms with Crippen molar-refractivity contribution >= 4 is 69.6 Å². The van der Waals surface area contributed by atoms with Gasteiger partial charge in [0.15, 0.2) is 0 Å². The van der Waals surface area contributed by atoms with E-state index >= 15 is 0 Å². The van der Waals surface area contributed by atoms with E-state index in [1.807, 2.05) is 60.7 Å². The van der Waals surface area contributed by atoms with Crippen LogP contribution in [0.2, 0.25) is 10.1 Å². The zero-order chi connectivity index (χ0) is 25.8. The molecule has 0 aliphatic heterocycles. The SMILES string of the molecule is CC(C)(CCCSc1c(Br)c(Cl)cc(C(N)=O)c1[N+](=O)[O-])[Si](O)(c1ccccc1)c1ccccc1. The zero-order valence-corrected chi connectivity index (χ0v) is 23.5. The Bertz CT molecular complexity index is 1190. The first-order valence-corrected chi connectivity index (χ1v) is 15.0. The Kier molecular flexibility index (Phi) is 8.82. The fourth-order valence-corrected chi connectivity index (χ4v) is 10.0. The van der Waals surface area contributed by atoms with Crippen LogP contribution in [-0.4, -0.2) is 29.7 Å². The molecule has 0 saturated carbocycles. The van der Waals surface area contributed by atoms with E-state index in [9.17, 15) is 19.7 Å². The number of nitro benzene ring substituents is 1. The second kappa shape index (κ2) is 11.3. The maximum atomic E-state index is 12.3. The number of primary amides is 1. The Morgan fingerprint density at radius 3 is 2.11 bits per heavy atom. The Hall–Kier alpha value is -2.17. The molecule has 10 heteroatoms. The normalized spacial score (nSPS) is 11.9. The smallest absolute Gasteiger partial charge is 0.296 e. The third kappa shape index (κ3) is 5.64. The quantitative estimate of drug-likeness (QED) is 0.106. The molecule has 6 nitrogen and oxygen atoms in total. The van der Waals surface area contributed by atoms with Crippen LogP contribution < -0.4 is 16.1 Å². The van der Waals surface area contributed by atoms with Gasteiger partial charge in [-0.25, -0.2) is 0 Å². The van der Waals surface area contributed by atoms with Gasteiger partial charge < -0.3 is 10.5 Å². The summed E-state index contributed by atoms with van der Waals surface area (Å²) < 4.78 is 0.361. The molecule has 0 aromatic heterocycles. The first kappa shape index (κ1) is 27.4. The predicted octanol–water partition coefficient (Wildman–Crippen LogP) is 5.51. The van der Waals surface area contributed by atoms with E-state index in [4.69, 9.17) is 17.3 Å². The molecule has 0 fully saturated rings. The molecule has 184 valence electrons. The predicted molar refractivity (Wildman–Crippen MR) is 148 cm³/mol. The number of nitrogens with two attached hydrogens (primary N) is 1. The van der Waals surface area contributed by atoms with Crippen molar-refractivity contribution in [3.63, 3.8) is 0 Å². The van der Waals surface area contributed by atoms with E-state index in [1.165, 1.54) is 17.8 Å². The van der Waals surface area contributed by atoms with Crippen molar-refractivity contribution in [2.75, 3.05) is 5.75 Å². The summed E-state index contributed by atoms with van der Waals surface area (Å²) in [5.74, 6) is -0.383. The van der Waals surface area contributed by atoms with Crippen molar-refractivity contribution in [2.24, 2.45) is 5.73 Å². The van der Waals surface area contributed by atoms with Gasteiger partial charge in [-0.2, -0.15) is 0 Å². The number of nitro groups is 1. The molecule has 0 bridgehead atoms. The van der Waals surface area contributed by atoms with Crippen molar-refractivity contribution in [3.8, 4) is 0 Å². The van der Waals surface area contributed by atoms with Gasteiger partial charge in [0, 0.05) is 0 Å². The van der Waals surface area contributed by atoms with Crippen molar-refractivity contribution < 1.29 is 14.5 Å². The highest BCUT2D eigenvalue weighted by atomic mass is 79.9. The third-order valence-electron chi connectivity index (χ3n) is 6.15. The Morgan fingerprint density at radius 2 is 1.66 bits per heavy atom. The van der Waals surface area contributed by atoms with Crippen LogP contribution in [0.25, 0.3) is 0 Å². The lowest BCUT2D eigenvalue weighted by atomic mass is 10.1. The number of hydrogen-bond donors (Lipinski definition) is 2. The summed E-state index contributed by atoms with van der Waals surface area (Å²) in [4.78, 5) is 35.5. The fourth-order valence-electron chi connectivity index (χ4n) is 4.27. The molecule has 0 spiro atoms. The highest BCUT2D eigenvalue weighted by Gasteiger charge is 2.49. The summed E-state index contributed by atoms with van der Waals surface area (Å²) in [6, 6.07) is 20.8. The van der Waals surface area contributed by atoms with Gasteiger partial charge >= 0.3 is 0 Å². The second-order valence-electron chi connectivity index (χ2n) is 8.80. The van der Waals surface area contributed by atoms with Gasteiger partial charge in [0.25, 0.3) is 19.9 Å². The zero-order valence-electron chi connectivity index (χ0n) is 19.3. The van der Waals surface area contributed by atoms with E-state index in [1.54, 1.807) is 0 Å². The van der Waals surface area contributed by atoms with Gasteiger partial charge in [-0.3, -0.25) is 14.9 Å². The number of carbonyl (C=O) groups excluding carboxylic acids is 1. The molecule has 0 aliphatic carbocycles. The van der Waals surface area contributed by atoms with Crippen LogP contribution in [0, 0.1) is 10.1 Å². The van der Waals surface area contributed by atoms with Crippen LogP contribution in [0.15, 0.2) is 76.1 Å². The van der Waals surface area contributed by atoms with Crippen LogP contribution in [0.4, 0.5) is 5.69 Å². The Morgan fingerprint density at radius 1 is 1.14 bits per heavy atom. The number of carbonyl (C=O) groups is 1. The van der Waals surface area contributed by atoms with Crippen LogP contribution in [0.1, 0.15) is 37.0 Å². The molecule has 0 aliphatic rings. The lowest BCUT2D eigenvalue weighted by Gasteiger charge is -2.41. The molecule has 3 aromatic carbocycles. The molecule has 1 amide bonds. The summed E-state index contributed by atoms with van der Waals surface area (Å²) in [5, 5.41) is 13.4. The number of thioether (sulfide) groups is 1. The van der Waals surface area contributed by atoms with Gasteiger partial charge in [0.05, 0.1) is 14.4 Å². The summed E-state index contributed by atoms with van der Waals surface area (Å²) in [7, 11) is -3.14. The van der Waals surface area contributed by atoms with E-state index in [2.05, 4.69) is 29.8 Å². The molecule has 3 N–H and O–H groups in total. The summed E-state index contributed by atoms with van der Waals surface area (Å²) in [6.45, 7) is 4.15. The maximum absolute atomic E-state index is 12.3. The topological polar surface area (TPSA) is 106 Å². The van der Waals surface area contributed by atoms with E-state index in [-0.39, 0.29) is 21.2 Å². The molecule has 3 aromatic rings. The molecule has 35 heavy (non-hydrogen) atoms. The van der Waals surface area contributed by atoms with E-state index in [0.717, 1.165) is 10.4 Å². The van der Waals surface area contributed by atoms with E-state index < -0.39 is 24.2 Å². The average Bonchev–Trinajstić information content (AvgIpc) is 2.84. The monoisotopic (exact) mass is 592 g/mol. The minimum absolute atomic E-state index is 0.183. The minimum atomic E-state index is -3.14. The average molecular weight is 594 g/mol. The number of halogens is 2. The minimum Gasteiger partial charge on any atom is -0.424 e. The van der Waals surface area contributed by atoms with Crippen molar-refractivity contribution in [1.29, 1.82) is 0 Å². The van der Waals surface area contributed by atoms with Crippen molar-refractivity contribution in [3.05, 3.63) is 91.9 Å². The molecule has 3 rings (SSSR count). The van der Waals surface area contributed by atoms with Gasteiger partial charge in [-0.05, 0) is 56.0 Å². The third-order valence-corrected chi connectivity index (χ3v) is 13.5. The van der Waals surface area contributed by atoms with Crippen molar-refractivity contribution in [2.45, 2.75) is 36.6 Å². The summed E-state index contributed by atoms with van der Waals surface area (Å²) >= 11 is 10.8. The van der Waals surface area contributed by atoms with Gasteiger partial charge in [0.1, 0.15) is 10.5 Å². The number of nitrogens with zero attached hydrogens (tertiary/aromatic N) is 1. The van der Waals surface area contributed by atoms with Crippen LogP contribution in [0.3, 0.4) is 0 Å². The molecular weight excluding hydrogens is 568 g/mol. The first-order valence-electron chi connectivity index (χ1n) is 10.9. The Labute approximate surface area is 223 Å². The van der Waals surface area contributed by atoms with Gasteiger partial charge in [0.2, 0.25) is 0 Å². The standard InChI is InChI=1S/C25H26BrClN2O4SSi/c1-25(2,35(33,17-10-5-3-6-11-17)18-12-7-4-8-13-18)14-9-15-34-23-21(26)20(27)16-19(24(28)30)22(23)29(31)32/h3-8,10-13,16,33H,9,14-15H2,1-2H3,(H2,28,30). The molecule has 0 unspecified atom stereocenters. The first-order chi connectivity index (χ1) is 16.5. The molecule has 0 atom stereocenters.